The molecule has 0 unspecified atom stereocenters. The number of nitrogen functional groups attached to an aromatic ring is 1. The van der Waals surface area contributed by atoms with Crippen molar-refractivity contribution in [1.82, 2.24) is 4.90 Å². The molecule has 0 spiro atoms. The molecule has 0 saturated heterocycles. The number of amidine groups is 1. The molecule has 0 aliphatic heterocycles. The minimum atomic E-state index is 0.111. The van der Waals surface area contributed by atoms with Crippen LogP contribution in [0.5, 0.6) is 0 Å². The molecule has 0 saturated carbocycles. The van der Waals surface area contributed by atoms with E-state index in [2.05, 4.69) is 46.5 Å². The Kier molecular flexibility index (Phi) is 7.75. The summed E-state index contributed by atoms with van der Waals surface area (Å²) in [7, 11) is 0. The van der Waals surface area contributed by atoms with E-state index in [9.17, 15) is 0 Å². The minimum Gasteiger partial charge on any atom is -0.384 e. The Morgan fingerprint density at radius 2 is 1.81 bits per heavy atom. The van der Waals surface area contributed by atoms with Crippen LogP contribution in [0.4, 0.5) is 5.69 Å². The van der Waals surface area contributed by atoms with E-state index in [1.807, 2.05) is 18.2 Å². The van der Waals surface area contributed by atoms with Crippen LogP contribution in [0.1, 0.15) is 32.8 Å². The maximum Gasteiger partial charge on any atom is 0.126 e. The quantitative estimate of drug-likeness (QED) is 0.528. The van der Waals surface area contributed by atoms with E-state index in [1.54, 1.807) is 0 Å². The summed E-state index contributed by atoms with van der Waals surface area (Å²) in [5, 5.41) is 7.80. The van der Waals surface area contributed by atoms with Gasteiger partial charge in [0.1, 0.15) is 5.84 Å². The molecule has 0 radical (unpaired) electrons. The number of rotatable bonds is 9. The molecule has 4 nitrogen and oxygen atoms in total. The number of halogens is 1. The molecule has 1 aromatic carbocycles. The van der Waals surface area contributed by atoms with Crippen LogP contribution >= 0.6 is 15.9 Å². The molecule has 0 fully saturated rings. The van der Waals surface area contributed by atoms with Crippen LogP contribution in [0.15, 0.2) is 22.7 Å². The molecular weight excluding hydrogens is 328 g/mol. The van der Waals surface area contributed by atoms with E-state index in [-0.39, 0.29) is 5.84 Å². The van der Waals surface area contributed by atoms with Crippen molar-refractivity contribution in [2.24, 2.45) is 5.73 Å². The van der Waals surface area contributed by atoms with Crippen molar-refractivity contribution >= 4 is 27.5 Å². The Labute approximate surface area is 136 Å². The third-order valence-corrected chi connectivity index (χ3v) is 4.44. The van der Waals surface area contributed by atoms with Gasteiger partial charge in [-0.3, -0.25) is 5.41 Å². The fourth-order valence-corrected chi connectivity index (χ4v) is 3.09. The van der Waals surface area contributed by atoms with Crippen molar-refractivity contribution in [3.05, 3.63) is 28.2 Å². The summed E-state index contributed by atoms with van der Waals surface area (Å²) in [6.07, 6.45) is 1.11. The summed E-state index contributed by atoms with van der Waals surface area (Å²) >= 11 is 3.50. The number of hydrogen-bond acceptors (Lipinski definition) is 3. The second kappa shape index (κ2) is 9.05. The maximum atomic E-state index is 7.80. The first-order chi connectivity index (χ1) is 10.0. The van der Waals surface area contributed by atoms with Gasteiger partial charge in [-0.2, -0.15) is 0 Å². The highest BCUT2D eigenvalue weighted by molar-refractivity contribution is 9.10. The van der Waals surface area contributed by atoms with Crippen molar-refractivity contribution in [1.29, 1.82) is 5.41 Å². The first-order valence-corrected chi connectivity index (χ1v) is 8.44. The molecule has 0 amide bonds. The Bertz CT molecular complexity index is 458. The monoisotopic (exact) mass is 354 g/mol. The van der Waals surface area contributed by atoms with E-state index in [4.69, 9.17) is 11.1 Å². The summed E-state index contributed by atoms with van der Waals surface area (Å²) in [5.41, 5.74) is 7.58. The van der Waals surface area contributed by atoms with Gasteiger partial charge in [-0.15, -0.1) is 0 Å². The molecule has 0 atom stereocenters. The Morgan fingerprint density at radius 3 is 2.33 bits per heavy atom. The van der Waals surface area contributed by atoms with E-state index in [0.717, 1.165) is 54.9 Å². The molecule has 118 valence electrons. The summed E-state index contributed by atoms with van der Waals surface area (Å²) in [5.74, 6) is 0.111. The molecule has 0 heterocycles. The van der Waals surface area contributed by atoms with Gasteiger partial charge < -0.3 is 15.5 Å². The first-order valence-electron chi connectivity index (χ1n) is 7.65. The maximum absolute atomic E-state index is 7.80. The lowest BCUT2D eigenvalue weighted by atomic mass is 10.1. The first kappa shape index (κ1) is 18.0. The average molecular weight is 355 g/mol. The van der Waals surface area contributed by atoms with Crippen molar-refractivity contribution in [3.63, 3.8) is 0 Å². The van der Waals surface area contributed by atoms with Crippen LogP contribution in [0, 0.1) is 5.41 Å². The van der Waals surface area contributed by atoms with Crippen molar-refractivity contribution in [2.45, 2.75) is 27.2 Å². The SMILES string of the molecule is CCN(CC)CCCN(CC)c1cccc(Br)c1C(=N)N. The normalized spacial score (nSPS) is 10.9. The van der Waals surface area contributed by atoms with Gasteiger partial charge in [0.2, 0.25) is 0 Å². The predicted molar refractivity (Wildman–Crippen MR) is 95.5 cm³/mol. The second-order valence-electron chi connectivity index (χ2n) is 5.01. The molecule has 0 aliphatic rings. The van der Waals surface area contributed by atoms with Gasteiger partial charge in [0.25, 0.3) is 0 Å². The van der Waals surface area contributed by atoms with Crippen LogP contribution in [-0.4, -0.2) is 43.5 Å². The molecular formula is C16H27BrN4. The molecule has 3 N–H and O–H groups in total. The average Bonchev–Trinajstić information content (AvgIpc) is 2.47. The zero-order valence-electron chi connectivity index (χ0n) is 13.3. The zero-order valence-corrected chi connectivity index (χ0v) is 14.9. The minimum absolute atomic E-state index is 0.111. The van der Waals surface area contributed by atoms with Crippen LogP contribution in [0.3, 0.4) is 0 Å². The molecule has 5 heteroatoms. The van der Waals surface area contributed by atoms with Crippen molar-refractivity contribution < 1.29 is 0 Å². The van der Waals surface area contributed by atoms with Crippen LogP contribution < -0.4 is 10.6 Å². The topological polar surface area (TPSA) is 56.4 Å². The molecule has 0 aromatic heterocycles. The number of nitrogens with zero attached hydrogens (tertiary/aromatic N) is 2. The Balaban J connectivity index is 2.81. The second-order valence-corrected chi connectivity index (χ2v) is 5.86. The van der Waals surface area contributed by atoms with Crippen molar-refractivity contribution in [2.75, 3.05) is 37.6 Å². The van der Waals surface area contributed by atoms with Gasteiger partial charge in [-0.05, 0) is 61.0 Å². The predicted octanol–water partition coefficient (Wildman–Crippen LogP) is 3.29. The fraction of sp³-hybridized carbons (Fsp3) is 0.562. The van der Waals surface area contributed by atoms with Gasteiger partial charge >= 0.3 is 0 Å². The lowest BCUT2D eigenvalue weighted by Gasteiger charge is -2.27. The summed E-state index contributed by atoms with van der Waals surface area (Å²) < 4.78 is 0.884. The van der Waals surface area contributed by atoms with Gasteiger partial charge in [0.15, 0.2) is 0 Å². The highest BCUT2D eigenvalue weighted by Crippen LogP contribution is 2.27. The number of nitrogens with two attached hydrogens (primary N) is 1. The highest BCUT2D eigenvalue weighted by atomic mass is 79.9. The number of nitrogens with one attached hydrogen (secondary N) is 1. The van der Waals surface area contributed by atoms with E-state index in [1.165, 1.54) is 0 Å². The third-order valence-electron chi connectivity index (χ3n) is 3.78. The molecule has 0 aliphatic carbocycles. The largest absolute Gasteiger partial charge is 0.384 e. The number of hydrogen-bond donors (Lipinski definition) is 2. The lowest BCUT2D eigenvalue weighted by molar-refractivity contribution is 0.301. The van der Waals surface area contributed by atoms with E-state index in [0.29, 0.717) is 0 Å². The number of anilines is 1. The van der Waals surface area contributed by atoms with Crippen LogP contribution in [0.2, 0.25) is 0 Å². The van der Waals surface area contributed by atoms with Crippen molar-refractivity contribution in [3.8, 4) is 0 Å². The fourth-order valence-electron chi connectivity index (χ4n) is 2.52. The lowest BCUT2D eigenvalue weighted by Crippen LogP contribution is -2.31. The standard InChI is InChI=1S/C16H27BrN4/c1-4-20(5-2)11-8-12-21(6-3)14-10-7-9-13(17)15(14)16(18)19/h7,9-10H,4-6,8,11-12H2,1-3H3,(H3,18,19). The zero-order chi connectivity index (χ0) is 15.8. The summed E-state index contributed by atoms with van der Waals surface area (Å²) in [6.45, 7) is 11.7. The smallest absolute Gasteiger partial charge is 0.126 e. The third kappa shape index (κ3) is 5.00. The van der Waals surface area contributed by atoms with Gasteiger partial charge in [0, 0.05) is 23.2 Å². The Morgan fingerprint density at radius 1 is 1.14 bits per heavy atom. The summed E-state index contributed by atoms with van der Waals surface area (Å²) in [4.78, 5) is 4.73. The number of benzene rings is 1. The molecule has 0 bridgehead atoms. The van der Waals surface area contributed by atoms with Gasteiger partial charge in [-0.25, -0.2) is 0 Å². The Hall–Kier alpha value is -1.07. The van der Waals surface area contributed by atoms with E-state index >= 15 is 0 Å². The van der Waals surface area contributed by atoms with Gasteiger partial charge in [0.05, 0.1) is 5.56 Å². The van der Waals surface area contributed by atoms with Crippen LogP contribution in [-0.2, 0) is 0 Å². The molecule has 21 heavy (non-hydrogen) atoms. The van der Waals surface area contributed by atoms with Crippen LogP contribution in [0.25, 0.3) is 0 Å². The van der Waals surface area contributed by atoms with Gasteiger partial charge in [-0.1, -0.05) is 19.9 Å². The molecule has 1 rings (SSSR count). The van der Waals surface area contributed by atoms with E-state index < -0.39 is 0 Å². The highest BCUT2D eigenvalue weighted by Gasteiger charge is 2.14. The summed E-state index contributed by atoms with van der Waals surface area (Å²) in [6, 6.07) is 5.98. The molecule has 1 aromatic rings.